The average molecular weight is 262 g/mol. The summed E-state index contributed by atoms with van der Waals surface area (Å²) in [6.07, 6.45) is 0. The molecular weight excluding hydrogens is 244 g/mol. The first-order chi connectivity index (χ1) is 8.70. The Morgan fingerprint density at radius 1 is 1.28 bits per heavy atom. The number of benzene rings is 1. The molecule has 1 aromatic carbocycles. The fourth-order valence-corrected chi connectivity index (χ4v) is 2.81. The second-order valence-electron chi connectivity index (χ2n) is 4.27. The molecule has 0 amide bonds. The van der Waals surface area contributed by atoms with Crippen molar-refractivity contribution in [1.29, 1.82) is 0 Å². The Balaban J connectivity index is 2.02. The van der Waals surface area contributed by atoms with Gasteiger partial charge in [0.15, 0.2) is 0 Å². The van der Waals surface area contributed by atoms with Crippen LogP contribution < -0.4 is 5.32 Å². The fraction of sp³-hybridized carbons (Fsp3) is 0.357. The Hall–Kier alpha value is -1.23. The van der Waals surface area contributed by atoms with E-state index in [0.717, 1.165) is 22.8 Å². The van der Waals surface area contributed by atoms with Gasteiger partial charge in [-0.05, 0) is 19.4 Å². The third-order valence-corrected chi connectivity index (χ3v) is 3.97. The number of hydrogen-bond acceptors (Lipinski definition) is 4. The van der Waals surface area contributed by atoms with Crippen LogP contribution in [0.5, 0.6) is 0 Å². The molecule has 0 fully saturated rings. The zero-order valence-electron chi connectivity index (χ0n) is 10.7. The molecule has 0 bridgehead atoms. The van der Waals surface area contributed by atoms with E-state index < -0.39 is 0 Å². The van der Waals surface area contributed by atoms with Crippen molar-refractivity contribution in [2.75, 3.05) is 6.61 Å². The Morgan fingerprint density at radius 2 is 2.00 bits per heavy atom. The summed E-state index contributed by atoms with van der Waals surface area (Å²) in [7, 11) is 0. The maximum Gasteiger partial charge on any atom is 0.0900 e. The number of nitrogens with zero attached hydrogens (tertiary/aromatic N) is 1. The Bertz CT molecular complexity index is 496. The van der Waals surface area contributed by atoms with Crippen LogP contribution in [0.15, 0.2) is 30.3 Å². The van der Waals surface area contributed by atoms with E-state index in [4.69, 9.17) is 0 Å². The summed E-state index contributed by atoms with van der Waals surface area (Å²) in [5.41, 5.74) is 2.19. The molecule has 0 aliphatic carbocycles. The van der Waals surface area contributed by atoms with Gasteiger partial charge in [-0.3, -0.25) is 0 Å². The summed E-state index contributed by atoms with van der Waals surface area (Å²) in [4.78, 5) is 5.64. The van der Waals surface area contributed by atoms with Gasteiger partial charge in [0, 0.05) is 11.4 Å². The van der Waals surface area contributed by atoms with Crippen molar-refractivity contribution in [2.45, 2.75) is 26.4 Å². The molecule has 1 aromatic heterocycles. The van der Waals surface area contributed by atoms with Gasteiger partial charge in [0.1, 0.15) is 0 Å². The van der Waals surface area contributed by atoms with Gasteiger partial charge in [0.05, 0.1) is 23.4 Å². The molecule has 0 aliphatic rings. The number of aromatic nitrogens is 1. The molecule has 2 rings (SSSR count). The molecule has 2 aromatic rings. The highest BCUT2D eigenvalue weighted by Crippen LogP contribution is 2.19. The normalized spacial score (nSPS) is 12.6. The number of nitrogens with one attached hydrogen (secondary N) is 1. The van der Waals surface area contributed by atoms with E-state index in [1.54, 1.807) is 11.3 Å². The van der Waals surface area contributed by atoms with E-state index in [1.807, 2.05) is 44.2 Å². The molecule has 1 unspecified atom stereocenters. The highest BCUT2D eigenvalue weighted by atomic mass is 32.1. The van der Waals surface area contributed by atoms with Gasteiger partial charge in [-0.15, -0.1) is 11.3 Å². The number of thiazole rings is 1. The fourth-order valence-electron chi connectivity index (χ4n) is 1.93. The standard InChI is InChI=1S/C14H18N2OS/c1-10-14(18-11(2)16-10)8-15-13(9-17)12-6-4-3-5-7-12/h3-7,13,15,17H,8-9H2,1-2H3. The van der Waals surface area contributed by atoms with Crippen LogP contribution in [0.1, 0.15) is 27.2 Å². The van der Waals surface area contributed by atoms with Crippen LogP contribution in [0.3, 0.4) is 0 Å². The minimum atomic E-state index is -0.0204. The lowest BCUT2D eigenvalue weighted by Gasteiger charge is -2.16. The number of aryl methyl sites for hydroxylation is 2. The molecule has 1 heterocycles. The molecule has 0 spiro atoms. The van der Waals surface area contributed by atoms with E-state index in [0.29, 0.717) is 0 Å². The zero-order chi connectivity index (χ0) is 13.0. The minimum Gasteiger partial charge on any atom is -0.394 e. The van der Waals surface area contributed by atoms with Crippen LogP contribution in [-0.4, -0.2) is 16.7 Å². The van der Waals surface area contributed by atoms with Gasteiger partial charge in [-0.2, -0.15) is 0 Å². The summed E-state index contributed by atoms with van der Waals surface area (Å²) in [5.74, 6) is 0. The average Bonchev–Trinajstić information content (AvgIpc) is 2.70. The molecule has 18 heavy (non-hydrogen) atoms. The van der Waals surface area contributed by atoms with Gasteiger partial charge in [0.25, 0.3) is 0 Å². The highest BCUT2D eigenvalue weighted by molar-refractivity contribution is 7.11. The van der Waals surface area contributed by atoms with Crippen molar-refractivity contribution in [3.8, 4) is 0 Å². The monoisotopic (exact) mass is 262 g/mol. The van der Waals surface area contributed by atoms with Crippen molar-refractivity contribution >= 4 is 11.3 Å². The lowest BCUT2D eigenvalue weighted by atomic mass is 10.1. The quantitative estimate of drug-likeness (QED) is 0.870. The maximum absolute atomic E-state index is 9.46. The summed E-state index contributed by atoms with van der Waals surface area (Å²) in [6.45, 7) is 4.89. The van der Waals surface area contributed by atoms with Crippen LogP contribution in [0.4, 0.5) is 0 Å². The minimum absolute atomic E-state index is 0.0204. The molecule has 96 valence electrons. The van der Waals surface area contributed by atoms with Crippen LogP contribution in [0.2, 0.25) is 0 Å². The predicted octanol–water partition coefficient (Wildman–Crippen LogP) is 2.58. The molecule has 0 saturated heterocycles. The Kier molecular flexibility index (Phi) is 4.47. The van der Waals surface area contributed by atoms with E-state index in [-0.39, 0.29) is 12.6 Å². The number of hydrogen-bond donors (Lipinski definition) is 2. The first-order valence-electron chi connectivity index (χ1n) is 6.03. The van der Waals surface area contributed by atoms with Crippen molar-refractivity contribution in [3.63, 3.8) is 0 Å². The van der Waals surface area contributed by atoms with Crippen LogP contribution in [-0.2, 0) is 6.54 Å². The smallest absolute Gasteiger partial charge is 0.0900 e. The number of aliphatic hydroxyl groups excluding tert-OH is 1. The lowest BCUT2D eigenvalue weighted by molar-refractivity contribution is 0.244. The number of rotatable bonds is 5. The SMILES string of the molecule is Cc1nc(C)c(CNC(CO)c2ccccc2)s1. The van der Waals surface area contributed by atoms with E-state index in [2.05, 4.69) is 10.3 Å². The number of aliphatic hydroxyl groups is 1. The van der Waals surface area contributed by atoms with Gasteiger partial charge >= 0.3 is 0 Å². The Morgan fingerprint density at radius 3 is 2.56 bits per heavy atom. The predicted molar refractivity (Wildman–Crippen MR) is 74.7 cm³/mol. The van der Waals surface area contributed by atoms with Gasteiger partial charge in [-0.1, -0.05) is 30.3 Å². The van der Waals surface area contributed by atoms with E-state index in [9.17, 15) is 5.11 Å². The molecule has 4 heteroatoms. The van der Waals surface area contributed by atoms with Gasteiger partial charge < -0.3 is 10.4 Å². The van der Waals surface area contributed by atoms with Crippen LogP contribution in [0.25, 0.3) is 0 Å². The van der Waals surface area contributed by atoms with E-state index in [1.165, 1.54) is 4.88 Å². The van der Waals surface area contributed by atoms with Crippen molar-refractivity contribution in [1.82, 2.24) is 10.3 Å². The molecule has 3 nitrogen and oxygen atoms in total. The summed E-state index contributed by atoms with van der Waals surface area (Å²) in [5, 5.41) is 13.9. The van der Waals surface area contributed by atoms with Crippen LogP contribution in [0, 0.1) is 13.8 Å². The summed E-state index contributed by atoms with van der Waals surface area (Å²) in [6, 6.07) is 9.99. The van der Waals surface area contributed by atoms with E-state index >= 15 is 0 Å². The lowest BCUT2D eigenvalue weighted by Crippen LogP contribution is -2.23. The molecule has 0 radical (unpaired) electrons. The molecule has 0 saturated carbocycles. The highest BCUT2D eigenvalue weighted by Gasteiger charge is 2.11. The zero-order valence-corrected chi connectivity index (χ0v) is 11.5. The first-order valence-corrected chi connectivity index (χ1v) is 6.84. The molecule has 1 atom stereocenters. The van der Waals surface area contributed by atoms with Crippen LogP contribution >= 0.6 is 11.3 Å². The summed E-state index contributed by atoms with van der Waals surface area (Å²) >= 11 is 1.71. The van der Waals surface area contributed by atoms with Gasteiger partial charge in [-0.25, -0.2) is 4.98 Å². The maximum atomic E-state index is 9.46. The second kappa shape index (κ2) is 6.09. The third kappa shape index (κ3) is 3.16. The largest absolute Gasteiger partial charge is 0.394 e. The van der Waals surface area contributed by atoms with Crippen molar-refractivity contribution < 1.29 is 5.11 Å². The first kappa shape index (κ1) is 13.2. The van der Waals surface area contributed by atoms with Crippen molar-refractivity contribution in [3.05, 3.63) is 51.5 Å². The topological polar surface area (TPSA) is 45.2 Å². The summed E-state index contributed by atoms with van der Waals surface area (Å²) < 4.78 is 0. The molecule has 0 aliphatic heterocycles. The Labute approximate surface area is 112 Å². The molecular formula is C14H18N2OS. The molecule has 2 N–H and O–H groups in total. The van der Waals surface area contributed by atoms with Crippen molar-refractivity contribution in [2.24, 2.45) is 0 Å². The second-order valence-corrected chi connectivity index (χ2v) is 5.56. The van der Waals surface area contributed by atoms with Gasteiger partial charge in [0.2, 0.25) is 0 Å². The third-order valence-electron chi connectivity index (χ3n) is 2.89.